The van der Waals surface area contributed by atoms with Crippen LogP contribution < -0.4 is 10.1 Å². The number of aliphatic hydroxyl groups is 1. The fraction of sp³-hybridized carbons (Fsp3) is 0.605. The molecule has 8 rings (SSSR count). The molecule has 1 saturated heterocycles. The summed E-state index contributed by atoms with van der Waals surface area (Å²) >= 11 is 0. The van der Waals surface area contributed by atoms with E-state index in [1.54, 1.807) is 6.07 Å². The standard InChI is InChI=1S/C38H50N4O3/c1-3-5-7-16-39-32(40-17-8-6-4-2)20-25-11-13-29-27(19-25)28-22-38(44)31-21-26-12-14-30(43)35-33(26)37(38,36(45-35)34(28)41-29)15-18-42(31)23-24-9-10-24/h11-14,19,24,31,36,41,43-44H,3-10,15-18,20-23H2,1-2H3,(H,39,40)/t31-,36-,37-,38+/m0/s1. The lowest BCUT2D eigenvalue weighted by Crippen LogP contribution is -2.74. The Balaban J connectivity index is 1.17. The third kappa shape index (κ3) is 4.63. The fourth-order valence-electron chi connectivity index (χ4n) is 9.33. The normalized spacial score (nSPS) is 28.2. The van der Waals surface area contributed by atoms with Gasteiger partial charge in [-0.25, -0.2) is 0 Å². The van der Waals surface area contributed by atoms with Crippen molar-refractivity contribution in [2.24, 2.45) is 10.9 Å². The highest BCUT2D eigenvalue weighted by Gasteiger charge is 2.72. The molecule has 2 aliphatic heterocycles. The minimum Gasteiger partial charge on any atom is -0.504 e. The van der Waals surface area contributed by atoms with Gasteiger partial charge in [0.05, 0.1) is 16.7 Å². The van der Waals surface area contributed by atoms with E-state index in [0.29, 0.717) is 12.2 Å². The lowest BCUT2D eigenvalue weighted by molar-refractivity contribution is -0.173. The van der Waals surface area contributed by atoms with E-state index in [1.165, 1.54) is 60.6 Å². The number of nitrogens with zero attached hydrogens (tertiary/aromatic N) is 2. The first-order chi connectivity index (χ1) is 22.0. The number of unbranched alkanes of at least 4 members (excludes halogenated alkanes) is 4. The number of aromatic nitrogens is 1. The summed E-state index contributed by atoms with van der Waals surface area (Å²) in [7, 11) is 0. The number of rotatable bonds is 12. The predicted octanol–water partition coefficient (Wildman–Crippen LogP) is 6.48. The summed E-state index contributed by atoms with van der Waals surface area (Å²) in [4.78, 5) is 11.4. The van der Waals surface area contributed by atoms with E-state index in [9.17, 15) is 10.2 Å². The second-order valence-electron chi connectivity index (χ2n) is 14.7. The van der Waals surface area contributed by atoms with E-state index in [0.717, 1.165) is 86.8 Å². The molecule has 3 aromatic rings. The van der Waals surface area contributed by atoms with Gasteiger partial charge in [0.15, 0.2) is 17.6 Å². The number of amidine groups is 1. The van der Waals surface area contributed by atoms with Gasteiger partial charge in [0.1, 0.15) is 5.84 Å². The molecular weight excluding hydrogens is 560 g/mol. The van der Waals surface area contributed by atoms with Crippen LogP contribution in [0.3, 0.4) is 0 Å². The molecule has 4 atom stereocenters. The van der Waals surface area contributed by atoms with Gasteiger partial charge >= 0.3 is 0 Å². The summed E-state index contributed by atoms with van der Waals surface area (Å²) in [6.07, 6.45) is 12.4. The molecule has 240 valence electrons. The second kappa shape index (κ2) is 11.3. The van der Waals surface area contributed by atoms with E-state index in [1.807, 2.05) is 0 Å². The number of ether oxygens (including phenoxy) is 1. The molecule has 1 saturated carbocycles. The average molecular weight is 611 g/mol. The zero-order chi connectivity index (χ0) is 30.8. The number of phenols is 1. The maximum atomic E-state index is 13.2. The Morgan fingerprint density at radius 3 is 2.78 bits per heavy atom. The molecule has 45 heavy (non-hydrogen) atoms. The Bertz CT molecular complexity index is 1620. The lowest BCUT2D eigenvalue weighted by Gasteiger charge is -2.62. The maximum absolute atomic E-state index is 13.2. The fourth-order valence-corrected chi connectivity index (χ4v) is 9.33. The van der Waals surface area contributed by atoms with Crippen LogP contribution in [-0.2, 0) is 24.7 Å². The highest BCUT2D eigenvalue weighted by molar-refractivity contribution is 5.89. The van der Waals surface area contributed by atoms with Crippen molar-refractivity contribution in [3.63, 3.8) is 0 Å². The number of aromatic amines is 1. The SMILES string of the molecule is CCCCCN=C(Cc1ccc2[nH]c3c(c2c1)C[C@@]1(O)[C@@H]2Cc4ccc(O)c5c4[C@@]1(CCN2CC1CC1)[C@H]3O5)NCCCCC. The Labute approximate surface area is 267 Å². The molecular formula is C38H50N4O3. The van der Waals surface area contributed by atoms with Gasteiger partial charge in [-0.05, 0) is 85.9 Å². The largest absolute Gasteiger partial charge is 0.504 e. The molecule has 7 heteroatoms. The van der Waals surface area contributed by atoms with Crippen molar-refractivity contribution in [2.45, 2.75) is 114 Å². The Kier molecular flexibility index (Phi) is 7.40. The Morgan fingerprint density at radius 1 is 1.11 bits per heavy atom. The summed E-state index contributed by atoms with van der Waals surface area (Å²) < 4.78 is 6.79. The number of H-pyrrole nitrogens is 1. The number of aromatic hydroxyl groups is 1. The number of piperidine rings is 1. The van der Waals surface area contributed by atoms with E-state index >= 15 is 0 Å². The van der Waals surface area contributed by atoms with Gasteiger partial charge in [-0.1, -0.05) is 51.7 Å². The zero-order valence-electron chi connectivity index (χ0n) is 27.1. The van der Waals surface area contributed by atoms with Crippen molar-refractivity contribution in [1.82, 2.24) is 15.2 Å². The summed E-state index contributed by atoms with van der Waals surface area (Å²) in [5, 5.41) is 29.0. The van der Waals surface area contributed by atoms with E-state index in [-0.39, 0.29) is 17.9 Å². The van der Waals surface area contributed by atoms with Crippen LogP contribution in [0.5, 0.6) is 11.5 Å². The van der Waals surface area contributed by atoms with Crippen molar-refractivity contribution in [3.8, 4) is 11.5 Å². The van der Waals surface area contributed by atoms with Crippen LogP contribution in [0.15, 0.2) is 35.3 Å². The molecule has 7 nitrogen and oxygen atoms in total. The van der Waals surface area contributed by atoms with Crippen LogP contribution in [0.25, 0.3) is 10.9 Å². The number of nitrogens with one attached hydrogen (secondary N) is 2. The van der Waals surface area contributed by atoms with Gasteiger partial charge in [-0.15, -0.1) is 0 Å². The number of hydrogen-bond acceptors (Lipinski definition) is 5. The molecule has 1 aromatic heterocycles. The minimum absolute atomic E-state index is 0.0383. The molecule has 3 aliphatic carbocycles. The molecule has 3 heterocycles. The number of hydrogen-bond donors (Lipinski definition) is 4. The maximum Gasteiger partial charge on any atom is 0.166 e. The van der Waals surface area contributed by atoms with Gasteiger partial charge in [0.2, 0.25) is 0 Å². The molecule has 2 aromatic carbocycles. The third-order valence-electron chi connectivity index (χ3n) is 11.8. The molecule has 1 spiro atoms. The smallest absolute Gasteiger partial charge is 0.166 e. The minimum atomic E-state index is -0.971. The van der Waals surface area contributed by atoms with Crippen LogP contribution in [0.2, 0.25) is 0 Å². The highest BCUT2D eigenvalue weighted by Crippen LogP contribution is 2.69. The Hall–Kier alpha value is -3.03. The molecule has 0 unspecified atom stereocenters. The number of fused-ring (bicyclic) bond motifs is 4. The number of benzene rings is 2. The van der Waals surface area contributed by atoms with Gasteiger partial charge in [-0.3, -0.25) is 9.89 Å². The quantitative estimate of drug-likeness (QED) is 0.107. The van der Waals surface area contributed by atoms with Gasteiger partial charge in [-0.2, -0.15) is 0 Å². The van der Waals surface area contributed by atoms with E-state index in [2.05, 4.69) is 53.3 Å². The van der Waals surface area contributed by atoms with Crippen molar-refractivity contribution in [2.75, 3.05) is 26.2 Å². The third-order valence-corrected chi connectivity index (χ3v) is 11.8. The molecule has 2 fully saturated rings. The second-order valence-corrected chi connectivity index (χ2v) is 14.7. The molecule has 0 radical (unpaired) electrons. The van der Waals surface area contributed by atoms with Crippen LogP contribution in [0.1, 0.15) is 106 Å². The summed E-state index contributed by atoms with van der Waals surface area (Å²) in [5.41, 5.74) is 5.37. The predicted molar refractivity (Wildman–Crippen MR) is 180 cm³/mol. The topological polar surface area (TPSA) is 93.1 Å². The Morgan fingerprint density at radius 2 is 1.96 bits per heavy atom. The van der Waals surface area contributed by atoms with Crippen molar-refractivity contribution < 1.29 is 14.9 Å². The number of phenolic OH excluding ortho intramolecular Hbond substituents is 1. The van der Waals surface area contributed by atoms with Crippen molar-refractivity contribution in [1.29, 1.82) is 0 Å². The number of likely N-dealkylation sites (tertiary alicyclic amines) is 1. The van der Waals surface area contributed by atoms with Crippen LogP contribution in [0, 0.1) is 5.92 Å². The molecule has 2 bridgehead atoms. The average Bonchev–Trinajstić information content (AvgIpc) is 3.68. The van der Waals surface area contributed by atoms with Crippen LogP contribution in [-0.4, -0.2) is 63.8 Å². The summed E-state index contributed by atoms with van der Waals surface area (Å²) in [6.45, 7) is 8.35. The summed E-state index contributed by atoms with van der Waals surface area (Å²) in [5.74, 6) is 2.63. The highest BCUT2D eigenvalue weighted by atomic mass is 16.5. The monoisotopic (exact) mass is 610 g/mol. The first-order valence-corrected chi connectivity index (χ1v) is 17.9. The van der Waals surface area contributed by atoms with Crippen molar-refractivity contribution in [3.05, 3.63) is 58.3 Å². The number of aliphatic imine (C=N–C) groups is 1. The van der Waals surface area contributed by atoms with Gasteiger partial charge < -0.3 is 25.3 Å². The summed E-state index contributed by atoms with van der Waals surface area (Å²) in [6, 6.07) is 10.7. The first kappa shape index (κ1) is 29.4. The first-order valence-electron chi connectivity index (χ1n) is 17.9. The molecule has 5 aliphatic rings. The van der Waals surface area contributed by atoms with Crippen LogP contribution >= 0.6 is 0 Å². The zero-order valence-corrected chi connectivity index (χ0v) is 27.1. The lowest BCUT2D eigenvalue weighted by atomic mass is 9.49. The molecule has 4 N–H and O–H groups in total. The van der Waals surface area contributed by atoms with Crippen LogP contribution in [0.4, 0.5) is 0 Å². The van der Waals surface area contributed by atoms with Gasteiger partial charge in [0, 0.05) is 55.0 Å². The van der Waals surface area contributed by atoms with Crippen molar-refractivity contribution >= 4 is 16.7 Å². The van der Waals surface area contributed by atoms with Gasteiger partial charge in [0.25, 0.3) is 0 Å². The van der Waals surface area contributed by atoms with E-state index in [4.69, 9.17) is 9.73 Å². The molecule has 0 amide bonds. The van der Waals surface area contributed by atoms with E-state index < -0.39 is 11.0 Å².